The molecule has 0 heterocycles. The van der Waals surface area contributed by atoms with E-state index in [0.717, 1.165) is 18.8 Å². The van der Waals surface area contributed by atoms with Crippen LogP contribution in [0.5, 0.6) is 0 Å². The first-order chi connectivity index (χ1) is 5.93. The molecule has 0 saturated carbocycles. The molecule has 0 aliphatic rings. The van der Waals surface area contributed by atoms with Crippen LogP contribution in [0.1, 0.15) is 53.9 Å². The predicted octanol–water partition coefficient (Wildman–Crippen LogP) is 3.67. The van der Waals surface area contributed by atoms with E-state index < -0.39 is 0 Å². The van der Waals surface area contributed by atoms with Crippen molar-refractivity contribution >= 4 is 5.78 Å². The average molecular weight is 184 g/mol. The molecular weight excluding hydrogens is 160 g/mol. The first-order valence-corrected chi connectivity index (χ1v) is 5.46. The fraction of sp³-hybridized carbons (Fsp3) is 0.917. The van der Waals surface area contributed by atoms with E-state index in [2.05, 4.69) is 20.8 Å². The largest absolute Gasteiger partial charge is 0.299 e. The highest BCUT2D eigenvalue weighted by Gasteiger charge is 2.10. The van der Waals surface area contributed by atoms with Gasteiger partial charge in [0.1, 0.15) is 5.78 Å². The summed E-state index contributed by atoms with van der Waals surface area (Å²) in [6.45, 7) is 10.7. The maximum atomic E-state index is 11.3. The molecule has 78 valence electrons. The van der Waals surface area contributed by atoms with Gasteiger partial charge in [0.25, 0.3) is 0 Å². The normalized spacial score (nSPS) is 13.8. The summed E-state index contributed by atoms with van der Waals surface area (Å²) in [5.41, 5.74) is 0. The molecule has 1 unspecified atom stereocenters. The lowest BCUT2D eigenvalue weighted by molar-refractivity contribution is -0.122. The van der Waals surface area contributed by atoms with Crippen molar-refractivity contribution in [2.45, 2.75) is 53.9 Å². The lowest BCUT2D eigenvalue weighted by Crippen LogP contribution is -2.09. The van der Waals surface area contributed by atoms with E-state index in [9.17, 15) is 4.79 Å². The molecule has 0 rings (SSSR count). The van der Waals surface area contributed by atoms with Crippen molar-refractivity contribution in [1.82, 2.24) is 0 Å². The number of carbonyl (C=O) groups is 1. The Balaban J connectivity index is 3.58. The molecule has 0 amide bonds. The van der Waals surface area contributed by atoms with Gasteiger partial charge in [0.05, 0.1) is 0 Å². The monoisotopic (exact) mass is 184 g/mol. The van der Waals surface area contributed by atoms with Gasteiger partial charge in [0.2, 0.25) is 0 Å². The van der Waals surface area contributed by atoms with E-state index in [-0.39, 0.29) is 5.92 Å². The second-order valence-corrected chi connectivity index (χ2v) is 4.89. The minimum absolute atomic E-state index is 0.214. The Kier molecular flexibility index (Phi) is 6.02. The lowest BCUT2D eigenvalue weighted by atomic mass is 9.92. The molecule has 13 heavy (non-hydrogen) atoms. The van der Waals surface area contributed by atoms with E-state index in [1.54, 1.807) is 0 Å². The Morgan fingerprint density at radius 2 is 1.62 bits per heavy atom. The summed E-state index contributed by atoms with van der Waals surface area (Å²) in [6, 6.07) is 0. The molecule has 0 aromatic rings. The fourth-order valence-electron chi connectivity index (χ4n) is 1.60. The van der Waals surface area contributed by atoms with Crippen molar-refractivity contribution < 1.29 is 4.79 Å². The Labute approximate surface area is 82.9 Å². The van der Waals surface area contributed by atoms with Gasteiger partial charge in [-0.15, -0.1) is 0 Å². The second kappa shape index (κ2) is 6.17. The average Bonchev–Trinajstić information content (AvgIpc) is 1.98. The molecule has 0 N–H and O–H groups in total. The number of hydrogen-bond acceptors (Lipinski definition) is 1. The Morgan fingerprint density at radius 3 is 2.00 bits per heavy atom. The third kappa shape index (κ3) is 6.80. The molecule has 0 saturated heterocycles. The second-order valence-electron chi connectivity index (χ2n) is 4.89. The van der Waals surface area contributed by atoms with Crippen LogP contribution >= 0.6 is 0 Å². The number of hydrogen-bond donors (Lipinski definition) is 0. The summed E-state index contributed by atoms with van der Waals surface area (Å²) in [5.74, 6) is 2.08. The Hall–Kier alpha value is -0.330. The smallest absolute Gasteiger partial charge is 0.135 e. The summed E-state index contributed by atoms with van der Waals surface area (Å²) in [6.07, 6.45) is 3.08. The van der Waals surface area contributed by atoms with E-state index >= 15 is 0 Å². The molecule has 1 atom stereocenters. The van der Waals surface area contributed by atoms with Crippen molar-refractivity contribution in [2.75, 3.05) is 0 Å². The third-order valence-electron chi connectivity index (χ3n) is 2.40. The summed E-state index contributed by atoms with van der Waals surface area (Å²) in [7, 11) is 0. The van der Waals surface area contributed by atoms with Gasteiger partial charge in [0, 0.05) is 12.3 Å². The van der Waals surface area contributed by atoms with Gasteiger partial charge in [-0.2, -0.15) is 0 Å². The first kappa shape index (κ1) is 12.7. The summed E-state index contributed by atoms with van der Waals surface area (Å²) in [4.78, 5) is 11.3. The van der Waals surface area contributed by atoms with E-state index in [4.69, 9.17) is 0 Å². The van der Waals surface area contributed by atoms with Crippen molar-refractivity contribution in [2.24, 2.45) is 17.8 Å². The van der Waals surface area contributed by atoms with Crippen LogP contribution in [0, 0.1) is 17.8 Å². The van der Waals surface area contributed by atoms with Crippen molar-refractivity contribution in [3.63, 3.8) is 0 Å². The molecule has 0 aromatic heterocycles. The SMILES string of the molecule is CC(C)CC(C)CCC(=O)C(C)C. The van der Waals surface area contributed by atoms with Crippen LogP contribution in [0.4, 0.5) is 0 Å². The van der Waals surface area contributed by atoms with Gasteiger partial charge in [-0.1, -0.05) is 34.6 Å². The van der Waals surface area contributed by atoms with Crippen LogP contribution in [-0.4, -0.2) is 5.78 Å². The third-order valence-corrected chi connectivity index (χ3v) is 2.40. The van der Waals surface area contributed by atoms with E-state index in [1.807, 2.05) is 13.8 Å². The zero-order valence-electron chi connectivity index (χ0n) is 9.76. The Morgan fingerprint density at radius 1 is 1.08 bits per heavy atom. The van der Waals surface area contributed by atoms with Crippen LogP contribution in [-0.2, 0) is 4.79 Å². The van der Waals surface area contributed by atoms with Crippen LogP contribution in [0.25, 0.3) is 0 Å². The first-order valence-electron chi connectivity index (χ1n) is 5.46. The molecular formula is C12H24O. The maximum absolute atomic E-state index is 11.3. The van der Waals surface area contributed by atoms with Crippen molar-refractivity contribution in [3.8, 4) is 0 Å². The summed E-state index contributed by atoms with van der Waals surface area (Å²) >= 11 is 0. The van der Waals surface area contributed by atoms with Crippen LogP contribution in [0.3, 0.4) is 0 Å². The Bertz CT molecular complexity index is 147. The van der Waals surface area contributed by atoms with Gasteiger partial charge in [-0.05, 0) is 24.7 Å². The molecule has 0 spiro atoms. The quantitative estimate of drug-likeness (QED) is 0.615. The van der Waals surface area contributed by atoms with Gasteiger partial charge >= 0.3 is 0 Å². The maximum Gasteiger partial charge on any atom is 0.135 e. The highest BCUT2D eigenvalue weighted by Crippen LogP contribution is 2.17. The number of Topliss-reactive ketones (excluding diaryl/α,β-unsaturated/α-hetero) is 1. The molecule has 0 fully saturated rings. The van der Waals surface area contributed by atoms with E-state index in [0.29, 0.717) is 11.7 Å². The highest BCUT2D eigenvalue weighted by molar-refractivity contribution is 5.80. The minimum atomic E-state index is 0.214. The van der Waals surface area contributed by atoms with Crippen molar-refractivity contribution in [1.29, 1.82) is 0 Å². The molecule has 0 bridgehead atoms. The van der Waals surface area contributed by atoms with Crippen LogP contribution in [0.15, 0.2) is 0 Å². The molecule has 1 heteroatoms. The topological polar surface area (TPSA) is 17.1 Å². The minimum Gasteiger partial charge on any atom is -0.299 e. The number of ketones is 1. The summed E-state index contributed by atoms with van der Waals surface area (Å²) < 4.78 is 0. The van der Waals surface area contributed by atoms with Crippen molar-refractivity contribution in [3.05, 3.63) is 0 Å². The molecule has 0 aromatic carbocycles. The highest BCUT2D eigenvalue weighted by atomic mass is 16.1. The van der Waals surface area contributed by atoms with Gasteiger partial charge in [-0.3, -0.25) is 4.79 Å². The lowest BCUT2D eigenvalue weighted by Gasteiger charge is -2.13. The zero-order chi connectivity index (χ0) is 10.4. The fourth-order valence-corrected chi connectivity index (χ4v) is 1.60. The zero-order valence-corrected chi connectivity index (χ0v) is 9.76. The van der Waals surface area contributed by atoms with Crippen LogP contribution < -0.4 is 0 Å². The number of carbonyl (C=O) groups excluding carboxylic acids is 1. The molecule has 0 radical (unpaired) electrons. The molecule has 0 aliphatic carbocycles. The molecule has 0 aliphatic heterocycles. The summed E-state index contributed by atoms with van der Waals surface area (Å²) in [5, 5.41) is 0. The van der Waals surface area contributed by atoms with Gasteiger partial charge in [-0.25, -0.2) is 0 Å². The standard InChI is InChI=1S/C12H24O/c1-9(2)8-11(5)6-7-12(13)10(3)4/h9-11H,6-8H2,1-5H3. The van der Waals surface area contributed by atoms with Gasteiger partial charge in [0.15, 0.2) is 0 Å². The molecule has 1 nitrogen and oxygen atoms in total. The van der Waals surface area contributed by atoms with E-state index in [1.165, 1.54) is 6.42 Å². The van der Waals surface area contributed by atoms with Gasteiger partial charge < -0.3 is 0 Å². The van der Waals surface area contributed by atoms with Crippen LogP contribution in [0.2, 0.25) is 0 Å². The number of rotatable bonds is 6. The predicted molar refractivity (Wildman–Crippen MR) is 57.7 cm³/mol.